The van der Waals surface area contributed by atoms with Crippen molar-refractivity contribution < 1.29 is 18.0 Å². The summed E-state index contributed by atoms with van der Waals surface area (Å²) in [4.78, 5) is 21.1. The summed E-state index contributed by atoms with van der Waals surface area (Å²) < 4.78 is 39.5. The summed E-state index contributed by atoms with van der Waals surface area (Å²) in [5.41, 5.74) is 6.16. The topological polar surface area (TPSA) is 77.0 Å². The van der Waals surface area contributed by atoms with Crippen LogP contribution in [-0.4, -0.2) is 31.9 Å². The quantitative estimate of drug-likeness (QED) is 0.804. The van der Waals surface area contributed by atoms with Gasteiger partial charge in [-0.2, -0.15) is 13.2 Å². The molecule has 122 valence electrons. The van der Waals surface area contributed by atoms with Crippen LogP contribution < -0.4 is 5.73 Å². The zero-order chi connectivity index (χ0) is 16.8. The lowest BCUT2D eigenvalue weighted by Gasteiger charge is -2.29. The van der Waals surface area contributed by atoms with E-state index in [0.717, 1.165) is 10.8 Å². The zero-order valence-electron chi connectivity index (χ0n) is 11.6. The normalized spacial score (nSPS) is 14.7. The van der Waals surface area contributed by atoms with Gasteiger partial charge in [0.15, 0.2) is 0 Å². The number of imidazole rings is 1. The van der Waals surface area contributed by atoms with Gasteiger partial charge in [-0.3, -0.25) is 4.79 Å². The average Bonchev–Trinajstić information content (AvgIpc) is 2.89. The Labute approximate surface area is 133 Å². The summed E-state index contributed by atoms with van der Waals surface area (Å²) in [5.74, 6) is -1.38. The van der Waals surface area contributed by atoms with Crippen LogP contribution in [-0.2, 0) is 19.3 Å². The first-order valence-corrected chi connectivity index (χ1v) is 6.98. The molecule has 3 heterocycles. The van der Waals surface area contributed by atoms with Crippen molar-refractivity contribution in [2.24, 2.45) is 0 Å². The molecule has 1 aliphatic heterocycles. The van der Waals surface area contributed by atoms with Crippen LogP contribution in [0.2, 0.25) is 5.15 Å². The molecule has 6 nitrogen and oxygen atoms in total. The molecule has 0 atom stereocenters. The molecule has 3 rings (SSSR count). The molecule has 0 radical (unpaired) electrons. The molecule has 0 aromatic carbocycles. The summed E-state index contributed by atoms with van der Waals surface area (Å²) in [5, 5.41) is 0.158. The Morgan fingerprint density at radius 2 is 2.04 bits per heavy atom. The second-order valence-corrected chi connectivity index (χ2v) is 5.40. The maximum absolute atomic E-state index is 12.8. The van der Waals surface area contributed by atoms with Gasteiger partial charge >= 0.3 is 6.18 Å². The van der Waals surface area contributed by atoms with E-state index in [1.165, 1.54) is 17.0 Å². The average molecular weight is 346 g/mol. The van der Waals surface area contributed by atoms with E-state index >= 15 is 0 Å². The van der Waals surface area contributed by atoms with Crippen LogP contribution >= 0.6 is 11.6 Å². The highest BCUT2D eigenvalue weighted by Crippen LogP contribution is 2.30. The van der Waals surface area contributed by atoms with Gasteiger partial charge in [0.05, 0.1) is 24.0 Å². The molecule has 2 aromatic heterocycles. The van der Waals surface area contributed by atoms with Gasteiger partial charge in [0.2, 0.25) is 5.82 Å². The zero-order valence-corrected chi connectivity index (χ0v) is 12.4. The van der Waals surface area contributed by atoms with Crippen LogP contribution in [0.1, 0.15) is 21.9 Å². The first-order chi connectivity index (χ1) is 10.8. The molecular formula is C13H11ClF3N5O. The minimum Gasteiger partial charge on any atom is -0.383 e. The SMILES string of the molecule is Nc1nc(Cl)ccc1C(=O)N1CCn2c(cnc2C(F)(F)F)C1. The predicted octanol–water partition coefficient (Wildman–Crippen LogP) is 2.19. The molecule has 0 aliphatic carbocycles. The molecule has 10 heteroatoms. The van der Waals surface area contributed by atoms with Crippen LogP contribution in [0.4, 0.5) is 19.0 Å². The number of nitrogens with two attached hydrogens (primary N) is 1. The third kappa shape index (κ3) is 2.83. The minimum atomic E-state index is -4.52. The van der Waals surface area contributed by atoms with E-state index < -0.39 is 17.9 Å². The van der Waals surface area contributed by atoms with Crippen molar-refractivity contribution in [3.05, 3.63) is 40.6 Å². The minimum absolute atomic E-state index is 0.0108. The number of anilines is 1. The molecule has 23 heavy (non-hydrogen) atoms. The number of pyridine rings is 1. The fraction of sp³-hybridized carbons (Fsp3) is 0.308. The van der Waals surface area contributed by atoms with Crippen molar-refractivity contribution in [1.29, 1.82) is 0 Å². The molecule has 2 N–H and O–H groups in total. The van der Waals surface area contributed by atoms with Gasteiger partial charge in [0.1, 0.15) is 11.0 Å². The van der Waals surface area contributed by atoms with Crippen LogP contribution in [0.5, 0.6) is 0 Å². The van der Waals surface area contributed by atoms with E-state index in [9.17, 15) is 18.0 Å². The van der Waals surface area contributed by atoms with E-state index in [0.29, 0.717) is 5.69 Å². The molecule has 1 amide bonds. The molecular weight excluding hydrogens is 335 g/mol. The number of hydrogen-bond acceptors (Lipinski definition) is 4. The van der Waals surface area contributed by atoms with Crippen molar-refractivity contribution in [3.8, 4) is 0 Å². The Hall–Kier alpha value is -2.29. The summed E-state index contributed by atoms with van der Waals surface area (Å²) in [6.45, 7) is 0.147. The van der Waals surface area contributed by atoms with E-state index in [-0.39, 0.29) is 36.2 Å². The van der Waals surface area contributed by atoms with Crippen molar-refractivity contribution in [3.63, 3.8) is 0 Å². The van der Waals surface area contributed by atoms with Crippen molar-refractivity contribution in [2.75, 3.05) is 12.3 Å². The highest BCUT2D eigenvalue weighted by atomic mass is 35.5. The Morgan fingerprint density at radius 3 is 2.70 bits per heavy atom. The number of nitrogens with zero attached hydrogens (tertiary/aromatic N) is 4. The highest BCUT2D eigenvalue weighted by molar-refractivity contribution is 6.29. The second kappa shape index (κ2) is 5.41. The number of nitrogen functional groups attached to an aromatic ring is 1. The number of aromatic nitrogens is 3. The van der Waals surface area contributed by atoms with Crippen LogP contribution in [0.15, 0.2) is 18.3 Å². The van der Waals surface area contributed by atoms with Gasteiger partial charge in [0.25, 0.3) is 5.91 Å². The summed E-state index contributed by atoms with van der Waals surface area (Å²) >= 11 is 5.69. The Balaban J connectivity index is 1.85. The third-order valence-corrected chi connectivity index (χ3v) is 3.76. The number of rotatable bonds is 1. The Bertz CT molecular complexity index is 773. The molecule has 0 bridgehead atoms. The molecule has 0 unspecified atom stereocenters. The van der Waals surface area contributed by atoms with Gasteiger partial charge in [-0.1, -0.05) is 11.6 Å². The second-order valence-electron chi connectivity index (χ2n) is 5.02. The van der Waals surface area contributed by atoms with E-state index in [1.807, 2.05) is 0 Å². The van der Waals surface area contributed by atoms with E-state index in [1.54, 1.807) is 0 Å². The third-order valence-electron chi connectivity index (χ3n) is 3.55. The highest BCUT2D eigenvalue weighted by Gasteiger charge is 2.38. The fourth-order valence-corrected chi connectivity index (χ4v) is 2.64. The van der Waals surface area contributed by atoms with Gasteiger partial charge in [-0.15, -0.1) is 0 Å². The number of carbonyl (C=O) groups is 1. The number of carbonyl (C=O) groups excluding carboxylic acids is 1. The van der Waals surface area contributed by atoms with Gasteiger partial charge in [-0.25, -0.2) is 9.97 Å². The van der Waals surface area contributed by atoms with E-state index in [4.69, 9.17) is 17.3 Å². The van der Waals surface area contributed by atoms with Crippen molar-refractivity contribution in [2.45, 2.75) is 19.3 Å². The summed E-state index contributed by atoms with van der Waals surface area (Å²) in [6.07, 6.45) is -3.39. The smallest absolute Gasteiger partial charge is 0.383 e. The summed E-state index contributed by atoms with van der Waals surface area (Å²) in [6, 6.07) is 2.88. The number of fused-ring (bicyclic) bond motifs is 1. The maximum atomic E-state index is 12.8. The standard InChI is InChI=1S/C13H11ClF3N5O/c14-9-2-1-8(10(18)20-9)11(23)21-3-4-22-7(6-21)5-19-12(22)13(15,16)17/h1-2,5H,3-4,6H2,(H2,18,20). The van der Waals surface area contributed by atoms with Gasteiger partial charge < -0.3 is 15.2 Å². The van der Waals surface area contributed by atoms with Gasteiger partial charge in [0, 0.05) is 13.1 Å². The molecule has 0 saturated heterocycles. The number of amides is 1. The molecule has 0 fully saturated rings. The number of halogens is 4. The molecule has 2 aromatic rings. The lowest BCUT2D eigenvalue weighted by Crippen LogP contribution is -2.39. The fourth-order valence-electron chi connectivity index (χ4n) is 2.48. The monoisotopic (exact) mass is 345 g/mol. The Kier molecular flexibility index (Phi) is 3.67. The first-order valence-electron chi connectivity index (χ1n) is 6.60. The molecule has 0 saturated carbocycles. The number of alkyl halides is 3. The predicted molar refractivity (Wildman–Crippen MR) is 75.6 cm³/mol. The van der Waals surface area contributed by atoms with Gasteiger partial charge in [-0.05, 0) is 12.1 Å². The largest absolute Gasteiger partial charge is 0.449 e. The first kappa shape index (κ1) is 15.6. The number of hydrogen-bond donors (Lipinski definition) is 1. The van der Waals surface area contributed by atoms with Crippen molar-refractivity contribution >= 4 is 23.3 Å². The summed E-state index contributed by atoms with van der Waals surface area (Å²) in [7, 11) is 0. The van der Waals surface area contributed by atoms with Crippen LogP contribution in [0.25, 0.3) is 0 Å². The van der Waals surface area contributed by atoms with Crippen molar-refractivity contribution in [1.82, 2.24) is 19.4 Å². The Morgan fingerprint density at radius 1 is 1.30 bits per heavy atom. The van der Waals surface area contributed by atoms with E-state index in [2.05, 4.69) is 9.97 Å². The van der Waals surface area contributed by atoms with Crippen LogP contribution in [0.3, 0.4) is 0 Å². The lowest BCUT2D eigenvalue weighted by molar-refractivity contribution is -0.147. The molecule has 0 spiro atoms. The van der Waals surface area contributed by atoms with Crippen LogP contribution in [0, 0.1) is 0 Å². The lowest BCUT2D eigenvalue weighted by atomic mass is 10.2. The molecule has 1 aliphatic rings. The maximum Gasteiger partial charge on any atom is 0.449 e.